The first-order valence-electron chi connectivity index (χ1n) is 7.56. The average molecular weight is 273 g/mol. The lowest BCUT2D eigenvalue weighted by atomic mass is 10.00. The molecule has 1 saturated carbocycles. The fourth-order valence-electron chi connectivity index (χ4n) is 3.64. The molecule has 3 heteroatoms. The van der Waals surface area contributed by atoms with Gasteiger partial charge in [-0.05, 0) is 49.3 Å². The highest BCUT2D eigenvalue weighted by molar-refractivity contribution is 5.79. The Balaban J connectivity index is 1.64. The van der Waals surface area contributed by atoms with Crippen LogP contribution < -0.4 is 0 Å². The molecule has 0 spiro atoms. The van der Waals surface area contributed by atoms with Crippen LogP contribution in [0, 0.1) is 25.7 Å². The van der Waals surface area contributed by atoms with E-state index in [9.17, 15) is 9.90 Å². The molecule has 1 amide bonds. The number of nitrogens with zero attached hydrogens (tertiary/aromatic N) is 1. The Morgan fingerprint density at radius 3 is 2.75 bits per heavy atom. The minimum absolute atomic E-state index is 0.195. The van der Waals surface area contributed by atoms with Crippen LogP contribution in [0.4, 0.5) is 0 Å². The largest absolute Gasteiger partial charge is 0.393 e. The highest BCUT2D eigenvalue weighted by atomic mass is 16.3. The number of aryl methyl sites for hydroxylation is 2. The van der Waals surface area contributed by atoms with E-state index in [0.29, 0.717) is 18.3 Å². The molecule has 0 radical (unpaired) electrons. The minimum atomic E-state index is -0.195. The highest BCUT2D eigenvalue weighted by Gasteiger charge is 2.43. The van der Waals surface area contributed by atoms with Crippen molar-refractivity contribution >= 4 is 5.91 Å². The van der Waals surface area contributed by atoms with Gasteiger partial charge < -0.3 is 10.0 Å². The van der Waals surface area contributed by atoms with Gasteiger partial charge in [0.25, 0.3) is 0 Å². The summed E-state index contributed by atoms with van der Waals surface area (Å²) >= 11 is 0. The monoisotopic (exact) mass is 273 g/mol. The van der Waals surface area contributed by atoms with Crippen molar-refractivity contribution in [1.82, 2.24) is 4.90 Å². The van der Waals surface area contributed by atoms with E-state index < -0.39 is 0 Å². The van der Waals surface area contributed by atoms with Gasteiger partial charge in [-0.1, -0.05) is 18.2 Å². The van der Waals surface area contributed by atoms with E-state index in [4.69, 9.17) is 0 Å². The first-order chi connectivity index (χ1) is 9.54. The van der Waals surface area contributed by atoms with E-state index in [0.717, 1.165) is 31.5 Å². The van der Waals surface area contributed by atoms with Crippen LogP contribution in [0.2, 0.25) is 0 Å². The number of fused-ring (bicyclic) bond motifs is 1. The molecule has 3 rings (SSSR count). The molecule has 2 fully saturated rings. The van der Waals surface area contributed by atoms with Gasteiger partial charge in [0.1, 0.15) is 0 Å². The zero-order valence-electron chi connectivity index (χ0n) is 12.3. The predicted molar refractivity (Wildman–Crippen MR) is 78.4 cm³/mol. The van der Waals surface area contributed by atoms with Crippen molar-refractivity contribution in [2.45, 2.75) is 39.2 Å². The summed E-state index contributed by atoms with van der Waals surface area (Å²) in [5.74, 6) is 1.04. The molecule has 2 aliphatic rings. The normalized spacial score (nSPS) is 28.8. The molecule has 3 atom stereocenters. The van der Waals surface area contributed by atoms with Crippen LogP contribution in [0.15, 0.2) is 18.2 Å². The van der Waals surface area contributed by atoms with Gasteiger partial charge >= 0.3 is 0 Å². The molecule has 1 N–H and O–H groups in total. The number of rotatable bonds is 2. The molecule has 0 aromatic heterocycles. The maximum atomic E-state index is 12.4. The molecule has 0 bridgehead atoms. The molecule has 20 heavy (non-hydrogen) atoms. The van der Waals surface area contributed by atoms with Crippen molar-refractivity contribution in [2.75, 3.05) is 13.1 Å². The van der Waals surface area contributed by atoms with Crippen LogP contribution in [-0.2, 0) is 11.2 Å². The van der Waals surface area contributed by atoms with Crippen molar-refractivity contribution in [3.63, 3.8) is 0 Å². The average Bonchev–Trinajstić information content (AvgIpc) is 2.97. The summed E-state index contributed by atoms with van der Waals surface area (Å²) in [6, 6.07) is 6.24. The molecule has 1 aromatic rings. The van der Waals surface area contributed by atoms with Crippen LogP contribution in [0.5, 0.6) is 0 Å². The molecule has 108 valence electrons. The number of aliphatic hydroxyl groups is 1. The van der Waals surface area contributed by atoms with Crippen molar-refractivity contribution in [3.05, 3.63) is 34.9 Å². The molecule has 3 nitrogen and oxygen atoms in total. The predicted octanol–water partition coefficient (Wildman–Crippen LogP) is 2.08. The van der Waals surface area contributed by atoms with E-state index in [1.54, 1.807) is 0 Å². The number of amides is 1. The standard InChI is InChI=1S/C17H23NO2/c1-11-3-4-13(7-12(11)2)8-17(20)18-9-14-5-6-16(19)15(14)10-18/h3-4,7,14-16,19H,5-6,8-10H2,1-2H3. The van der Waals surface area contributed by atoms with Crippen LogP contribution in [0.3, 0.4) is 0 Å². The number of carbonyl (C=O) groups excluding carboxylic acids is 1. The van der Waals surface area contributed by atoms with Crippen LogP contribution in [-0.4, -0.2) is 35.1 Å². The van der Waals surface area contributed by atoms with Crippen molar-refractivity contribution in [3.8, 4) is 0 Å². The van der Waals surface area contributed by atoms with Gasteiger partial charge in [0, 0.05) is 19.0 Å². The maximum absolute atomic E-state index is 12.4. The summed E-state index contributed by atoms with van der Waals surface area (Å²) in [4.78, 5) is 14.3. The summed E-state index contributed by atoms with van der Waals surface area (Å²) in [6.07, 6.45) is 2.27. The Bertz CT molecular complexity index is 526. The third-order valence-corrected chi connectivity index (χ3v) is 5.10. The molecule has 1 aliphatic carbocycles. The second-order valence-corrected chi connectivity index (χ2v) is 6.46. The van der Waals surface area contributed by atoms with Crippen LogP contribution in [0.25, 0.3) is 0 Å². The van der Waals surface area contributed by atoms with Gasteiger partial charge in [-0.25, -0.2) is 0 Å². The van der Waals surface area contributed by atoms with Crippen LogP contribution in [0.1, 0.15) is 29.5 Å². The topological polar surface area (TPSA) is 40.5 Å². The number of hydrogen-bond acceptors (Lipinski definition) is 2. The first-order valence-corrected chi connectivity index (χ1v) is 7.56. The lowest BCUT2D eigenvalue weighted by molar-refractivity contribution is -0.129. The number of likely N-dealkylation sites (tertiary alicyclic amines) is 1. The second kappa shape index (κ2) is 5.21. The number of hydrogen-bond donors (Lipinski definition) is 1. The molecule has 1 aliphatic heterocycles. The van der Waals surface area contributed by atoms with Crippen LogP contribution >= 0.6 is 0 Å². The molecular weight excluding hydrogens is 250 g/mol. The number of aliphatic hydroxyl groups excluding tert-OH is 1. The van der Waals surface area contributed by atoms with E-state index in [1.165, 1.54) is 11.1 Å². The molecule has 1 saturated heterocycles. The minimum Gasteiger partial charge on any atom is -0.393 e. The van der Waals surface area contributed by atoms with E-state index >= 15 is 0 Å². The van der Waals surface area contributed by atoms with Gasteiger partial charge in [0.2, 0.25) is 5.91 Å². The summed E-state index contributed by atoms with van der Waals surface area (Å²) in [6.45, 7) is 5.75. The summed E-state index contributed by atoms with van der Waals surface area (Å²) < 4.78 is 0. The summed E-state index contributed by atoms with van der Waals surface area (Å²) in [5.41, 5.74) is 3.60. The molecule has 1 aromatic carbocycles. The zero-order chi connectivity index (χ0) is 14.3. The molecule has 1 heterocycles. The highest BCUT2D eigenvalue weighted by Crippen LogP contribution is 2.38. The summed E-state index contributed by atoms with van der Waals surface area (Å²) in [5, 5.41) is 9.92. The van der Waals surface area contributed by atoms with Gasteiger partial charge in [0.15, 0.2) is 0 Å². The Morgan fingerprint density at radius 2 is 2.05 bits per heavy atom. The fraction of sp³-hybridized carbons (Fsp3) is 0.588. The van der Waals surface area contributed by atoms with Crippen molar-refractivity contribution < 1.29 is 9.90 Å². The summed E-state index contributed by atoms with van der Waals surface area (Å²) in [7, 11) is 0. The quantitative estimate of drug-likeness (QED) is 0.896. The van der Waals surface area contributed by atoms with E-state index in [1.807, 2.05) is 11.0 Å². The number of carbonyl (C=O) groups is 1. The fourth-order valence-corrected chi connectivity index (χ4v) is 3.64. The second-order valence-electron chi connectivity index (χ2n) is 6.46. The lowest BCUT2D eigenvalue weighted by Crippen LogP contribution is -2.32. The third kappa shape index (κ3) is 2.47. The number of benzene rings is 1. The smallest absolute Gasteiger partial charge is 0.227 e. The lowest BCUT2D eigenvalue weighted by Gasteiger charge is -2.18. The zero-order valence-corrected chi connectivity index (χ0v) is 12.3. The van der Waals surface area contributed by atoms with Gasteiger partial charge in [-0.15, -0.1) is 0 Å². The molecule has 3 unspecified atom stereocenters. The SMILES string of the molecule is Cc1ccc(CC(=O)N2CC3CCC(O)C3C2)cc1C. The Hall–Kier alpha value is -1.35. The van der Waals surface area contributed by atoms with E-state index in [2.05, 4.69) is 26.0 Å². The Kier molecular flexibility index (Phi) is 3.55. The van der Waals surface area contributed by atoms with Crippen molar-refractivity contribution in [2.24, 2.45) is 11.8 Å². The third-order valence-electron chi connectivity index (χ3n) is 5.10. The van der Waals surface area contributed by atoms with Gasteiger partial charge in [-0.3, -0.25) is 4.79 Å². The maximum Gasteiger partial charge on any atom is 0.227 e. The first kappa shape index (κ1) is 13.6. The Morgan fingerprint density at radius 1 is 1.25 bits per heavy atom. The van der Waals surface area contributed by atoms with Gasteiger partial charge in [0.05, 0.1) is 12.5 Å². The Labute approximate surface area is 120 Å². The van der Waals surface area contributed by atoms with Gasteiger partial charge in [-0.2, -0.15) is 0 Å². The van der Waals surface area contributed by atoms with E-state index in [-0.39, 0.29) is 12.0 Å². The van der Waals surface area contributed by atoms with Crippen molar-refractivity contribution in [1.29, 1.82) is 0 Å². The molecular formula is C17H23NO2.